The molecule has 2 aromatic carbocycles. The van der Waals surface area contributed by atoms with Crippen LogP contribution >= 0.6 is 11.6 Å². The first-order chi connectivity index (χ1) is 15.5. The zero-order valence-corrected chi connectivity index (χ0v) is 17.8. The molecule has 0 fully saturated rings. The van der Waals surface area contributed by atoms with E-state index in [9.17, 15) is 5.11 Å². The SMILES string of the molecule is Cc1nc2ccc(Oc3ccc4ncc(-c5cnn(CC(O)CO)c5)nc4c3Cl)cc2[nH]1. The number of nitrogens with zero attached hydrogens (tertiary/aromatic N) is 5. The van der Waals surface area contributed by atoms with Crippen LogP contribution in [0, 0.1) is 6.92 Å². The molecule has 0 aliphatic rings. The Hall–Kier alpha value is -3.53. The molecule has 162 valence electrons. The van der Waals surface area contributed by atoms with Gasteiger partial charge < -0.3 is 19.9 Å². The monoisotopic (exact) mass is 450 g/mol. The Balaban J connectivity index is 1.47. The quantitative estimate of drug-likeness (QED) is 0.362. The molecule has 10 heteroatoms. The number of aromatic nitrogens is 6. The number of fused-ring (bicyclic) bond motifs is 2. The number of hydrogen-bond acceptors (Lipinski definition) is 7. The smallest absolute Gasteiger partial charge is 0.148 e. The first-order valence-corrected chi connectivity index (χ1v) is 10.3. The van der Waals surface area contributed by atoms with E-state index in [1.165, 1.54) is 4.68 Å². The third-order valence-corrected chi connectivity index (χ3v) is 5.32. The number of imidazole rings is 1. The Morgan fingerprint density at radius 3 is 2.84 bits per heavy atom. The number of halogens is 1. The fourth-order valence-corrected chi connectivity index (χ4v) is 3.66. The van der Waals surface area contributed by atoms with Crippen LogP contribution < -0.4 is 4.74 Å². The van der Waals surface area contributed by atoms with Gasteiger partial charge >= 0.3 is 0 Å². The molecule has 3 N–H and O–H groups in total. The second kappa shape index (κ2) is 8.19. The van der Waals surface area contributed by atoms with E-state index in [1.54, 1.807) is 30.7 Å². The molecule has 32 heavy (non-hydrogen) atoms. The Labute approximate surface area is 187 Å². The zero-order valence-electron chi connectivity index (χ0n) is 17.0. The Bertz CT molecular complexity index is 1430. The number of aliphatic hydroxyl groups excluding tert-OH is 2. The fourth-order valence-electron chi connectivity index (χ4n) is 3.42. The van der Waals surface area contributed by atoms with Crippen molar-refractivity contribution in [1.82, 2.24) is 29.7 Å². The molecule has 0 aliphatic carbocycles. The van der Waals surface area contributed by atoms with Crippen molar-refractivity contribution in [3.63, 3.8) is 0 Å². The Morgan fingerprint density at radius 2 is 2.00 bits per heavy atom. The first-order valence-electron chi connectivity index (χ1n) is 9.91. The van der Waals surface area contributed by atoms with Gasteiger partial charge in [-0.2, -0.15) is 5.10 Å². The standard InChI is InChI=1S/C22H19ClN6O3/c1-12-26-16-3-2-15(6-18(16)27-12)32-20-5-4-17-22(21(20)23)28-19(8-24-17)13-7-25-29(9-13)10-14(31)11-30/h2-9,14,30-31H,10-11H2,1H3,(H,26,27). The molecule has 1 atom stereocenters. The number of aromatic amines is 1. The van der Waals surface area contributed by atoms with E-state index in [4.69, 9.17) is 21.4 Å². The number of rotatable bonds is 6. The third kappa shape index (κ3) is 3.89. The van der Waals surface area contributed by atoms with Gasteiger partial charge in [0, 0.05) is 17.8 Å². The van der Waals surface area contributed by atoms with Gasteiger partial charge in [-0.25, -0.2) is 9.97 Å². The Morgan fingerprint density at radius 1 is 1.16 bits per heavy atom. The average molecular weight is 451 g/mol. The van der Waals surface area contributed by atoms with E-state index < -0.39 is 6.10 Å². The molecule has 0 bridgehead atoms. The molecular formula is C22H19ClN6O3. The van der Waals surface area contributed by atoms with Crippen molar-refractivity contribution in [2.24, 2.45) is 0 Å². The van der Waals surface area contributed by atoms with Gasteiger partial charge in [-0.15, -0.1) is 0 Å². The molecule has 0 radical (unpaired) electrons. The predicted molar refractivity (Wildman–Crippen MR) is 120 cm³/mol. The molecule has 0 aliphatic heterocycles. The minimum atomic E-state index is -0.885. The maximum atomic E-state index is 9.60. The van der Waals surface area contributed by atoms with Crippen molar-refractivity contribution >= 4 is 33.7 Å². The van der Waals surface area contributed by atoms with Crippen LogP contribution in [0.1, 0.15) is 5.82 Å². The van der Waals surface area contributed by atoms with Crippen molar-refractivity contribution in [2.45, 2.75) is 19.6 Å². The van der Waals surface area contributed by atoms with E-state index in [-0.39, 0.29) is 13.2 Å². The van der Waals surface area contributed by atoms with Gasteiger partial charge in [-0.05, 0) is 31.2 Å². The molecular weight excluding hydrogens is 432 g/mol. The maximum Gasteiger partial charge on any atom is 0.148 e. The number of nitrogens with one attached hydrogen (secondary N) is 1. The van der Waals surface area contributed by atoms with Gasteiger partial charge in [0.15, 0.2) is 0 Å². The van der Waals surface area contributed by atoms with E-state index in [1.807, 2.05) is 25.1 Å². The topological polar surface area (TPSA) is 122 Å². The van der Waals surface area contributed by atoms with Crippen LogP contribution in [0.15, 0.2) is 48.9 Å². The molecule has 9 nitrogen and oxygen atoms in total. The lowest BCUT2D eigenvalue weighted by molar-refractivity contribution is 0.0783. The minimum Gasteiger partial charge on any atom is -0.456 e. The van der Waals surface area contributed by atoms with Crippen molar-refractivity contribution in [1.29, 1.82) is 0 Å². The van der Waals surface area contributed by atoms with Crippen molar-refractivity contribution < 1.29 is 14.9 Å². The number of H-pyrrole nitrogens is 1. The number of ether oxygens (including phenoxy) is 1. The minimum absolute atomic E-state index is 0.177. The summed E-state index contributed by atoms with van der Waals surface area (Å²) in [6.07, 6.45) is 4.10. The number of hydrogen-bond donors (Lipinski definition) is 3. The van der Waals surface area contributed by atoms with Gasteiger partial charge in [0.2, 0.25) is 0 Å². The molecule has 5 aromatic rings. The second-order valence-corrected chi connectivity index (χ2v) is 7.77. The lowest BCUT2D eigenvalue weighted by Crippen LogP contribution is -2.19. The van der Waals surface area contributed by atoms with E-state index in [2.05, 4.69) is 25.0 Å². The first kappa shape index (κ1) is 20.4. The molecule has 0 saturated carbocycles. The molecule has 5 rings (SSSR count). The van der Waals surface area contributed by atoms with Gasteiger partial charge in [0.05, 0.1) is 53.9 Å². The zero-order chi connectivity index (χ0) is 22.2. The summed E-state index contributed by atoms with van der Waals surface area (Å²) in [6, 6.07) is 9.14. The summed E-state index contributed by atoms with van der Waals surface area (Å²) < 4.78 is 7.56. The van der Waals surface area contributed by atoms with Crippen molar-refractivity contribution in [2.75, 3.05) is 6.61 Å². The molecule has 0 amide bonds. The van der Waals surface area contributed by atoms with Crippen LogP contribution in [0.25, 0.3) is 33.3 Å². The lowest BCUT2D eigenvalue weighted by Gasteiger charge is -2.10. The maximum absolute atomic E-state index is 9.60. The summed E-state index contributed by atoms with van der Waals surface area (Å²) in [5.74, 6) is 1.91. The molecule has 3 heterocycles. The number of aliphatic hydroxyl groups is 2. The number of aryl methyl sites for hydroxylation is 1. The van der Waals surface area contributed by atoms with Gasteiger partial charge in [-0.1, -0.05) is 11.6 Å². The average Bonchev–Trinajstić information content (AvgIpc) is 3.40. The summed E-state index contributed by atoms with van der Waals surface area (Å²) in [5, 5.41) is 23.2. The van der Waals surface area contributed by atoms with E-state index >= 15 is 0 Å². The van der Waals surface area contributed by atoms with Crippen LogP contribution in [0.5, 0.6) is 11.5 Å². The summed E-state index contributed by atoms with van der Waals surface area (Å²) in [6.45, 7) is 1.74. The molecule has 1 unspecified atom stereocenters. The van der Waals surface area contributed by atoms with Crippen molar-refractivity contribution in [3.8, 4) is 22.8 Å². The van der Waals surface area contributed by atoms with Crippen LogP contribution in [0.2, 0.25) is 5.02 Å². The summed E-state index contributed by atoms with van der Waals surface area (Å²) in [4.78, 5) is 16.7. The summed E-state index contributed by atoms with van der Waals surface area (Å²) in [5.41, 5.74) is 4.17. The second-order valence-electron chi connectivity index (χ2n) is 7.39. The molecule has 0 spiro atoms. The van der Waals surface area contributed by atoms with E-state index in [0.29, 0.717) is 38.8 Å². The lowest BCUT2D eigenvalue weighted by atomic mass is 10.2. The molecule has 0 saturated heterocycles. The van der Waals surface area contributed by atoms with Gasteiger partial charge in [0.25, 0.3) is 0 Å². The third-order valence-electron chi connectivity index (χ3n) is 4.95. The Kier molecular flexibility index (Phi) is 5.22. The molecule has 3 aromatic heterocycles. The van der Waals surface area contributed by atoms with Crippen LogP contribution in [-0.2, 0) is 6.54 Å². The fraction of sp³-hybridized carbons (Fsp3) is 0.182. The summed E-state index contributed by atoms with van der Waals surface area (Å²) in [7, 11) is 0. The predicted octanol–water partition coefficient (Wildman–Crippen LogP) is 3.48. The highest BCUT2D eigenvalue weighted by atomic mass is 35.5. The normalized spacial score (nSPS) is 12.5. The highest BCUT2D eigenvalue weighted by Crippen LogP contribution is 2.35. The van der Waals surface area contributed by atoms with Crippen LogP contribution in [0.4, 0.5) is 0 Å². The van der Waals surface area contributed by atoms with Gasteiger partial charge in [0.1, 0.15) is 27.9 Å². The van der Waals surface area contributed by atoms with Crippen LogP contribution in [0.3, 0.4) is 0 Å². The highest BCUT2D eigenvalue weighted by Gasteiger charge is 2.14. The largest absolute Gasteiger partial charge is 0.456 e. The van der Waals surface area contributed by atoms with Crippen LogP contribution in [-0.4, -0.2) is 52.6 Å². The van der Waals surface area contributed by atoms with Gasteiger partial charge in [-0.3, -0.25) is 9.67 Å². The number of benzene rings is 2. The highest BCUT2D eigenvalue weighted by molar-refractivity contribution is 6.36. The van der Waals surface area contributed by atoms with Crippen molar-refractivity contribution in [3.05, 3.63) is 59.8 Å². The van der Waals surface area contributed by atoms with E-state index in [0.717, 1.165) is 16.9 Å². The summed E-state index contributed by atoms with van der Waals surface area (Å²) >= 11 is 6.64.